The molecule has 0 aromatic heterocycles. The third kappa shape index (κ3) is 3.24. The first kappa shape index (κ1) is 13.4. The second kappa shape index (κ2) is 6.76. The molecule has 1 aromatic rings. The van der Waals surface area contributed by atoms with Crippen LogP contribution in [0.15, 0.2) is 24.3 Å². The molecule has 0 unspecified atom stereocenters. The molecule has 1 aliphatic heterocycles. The molecular weight excluding hydrogens is 222 g/mol. The van der Waals surface area contributed by atoms with E-state index < -0.39 is 0 Å². The minimum atomic E-state index is 0.998. The van der Waals surface area contributed by atoms with Crippen molar-refractivity contribution in [3.05, 3.63) is 29.8 Å². The number of rotatable bonds is 5. The standard InChI is InChI=1S/C15H25N3/c1-3-17(4-2)11-12-18-10-9-16-13-14-7-5-6-8-15(14)18/h5-8,16H,3-4,9-13H2,1-2H3. The van der Waals surface area contributed by atoms with Gasteiger partial charge in [-0.15, -0.1) is 0 Å². The zero-order valence-corrected chi connectivity index (χ0v) is 11.7. The molecule has 18 heavy (non-hydrogen) atoms. The molecular formula is C15H25N3. The van der Waals surface area contributed by atoms with Gasteiger partial charge in [0.05, 0.1) is 0 Å². The molecule has 0 radical (unpaired) electrons. The summed E-state index contributed by atoms with van der Waals surface area (Å²) in [6, 6.07) is 8.77. The third-order valence-electron chi connectivity index (χ3n) is 3.79. The van der Waals surface area contributed by atoms with E-state index in [0.717, 1.165) is 45.8 Å². The fourth-order valence-electron chi connectivity index (χ4n) is 2.56. The van der Waals surface area contributed by atoms with Gasteiger partial charge in [0.15, 0.2) is 0 Å². The summed E-state index contributed by atoms with van der Waals surface area (Å²) in [5.74, 6) is 0. The van der Waals surface area contributed by atoms with Crippen molar-refractivity contribution in [1.29, 1.82) is 0 Å². The first-order valence-corrected chi connectivity index (χ1v) is 7.11. The van der Waals surface area contributed by atoms with Crippen molar-refractivity contribution in [3.63, 3.8) is 0 Å². The Morgan fingerprint density at radius 2 is 2.00 bits per heavy atom. The number of nitrogens with zero attached hydrogens (tertiary/aromatic N) is 2. The number of anilines is 1. The number of para-hydroxylation sites is 1. The Morgan fingerprint density at radius 3 is 2.78 bits per heavy atom. The quantitative estimate of drug-likeness (QED) is 0.858. The predicted molar refractivity (Wildman–Crippen MR) is 78.1 cm³/mol. The zero-order chi connectivity index (χ0) is 12.8. The molecule has 3 nitrogen and oxygen atoms in total. The summed E-state index contributed by atoms with van der Waals surface area (Å²) in [4.78, 5) is 5.01. The minimum Gasteiger partial charge on any atom is -0.369 e. The van der Waals surface area contributed by atoms with Gasteiger partial charge >= 0.3 is 0 Å². The number of nitrogens with one attached hydrogen (secondary N) is 1. The van der Waals surface area contributed by atoms with Crippen LogP contribution in [0.2, 0.25) is 0 Å². The molecule has 0 saturated carbocycles. The van der Waals surface area contributed by atoms with Gasteiger partial charge in [0.25, 0.3) is 0 Å². The van der Waals surface area contributed by atoms with E-state index in [0.29, 0.717) is 0 Å². The monoisotopic (exact) mass is 247 g/mol. The van der Waals surface area contributed by atoms with Gasteiger partial charge in [0.1, 0.15) is 0 Å². The number of benzene rings is 1. The zero-order valence-electron chi connectivity index (χ0n) is 11.7. The van der Waals surface area contributed by atoms with Gasteiger partial charge in [-0.25, -0.2) is 0 Å². The molecule has 0 spiro atoms. The smallest absolute Gasteiger partial charge is 0.0412 e. The lowest BCUT2D eigenvalue weighted by Crippen LogP contribution is -2.37. The number of likely N-dealkylation sites (N-methyl/N-ethyl adjacent to an activating group) is 1. The molecule has 100 valence electrons. The van der Waals surface area contributed by atoms with Crippen molar-refractivity contribution in [3.8, 4) is 0 Å². The average Bonchev–Trinajstić information content (AvgIpc) is 2.62. The van der Waals surface area contributed by atoms with Crippen LogP contribution in [0.1, 0.15) is 19.4 Å². The largest absolute Gasteiger partial charge is 0.369 e. The molecule has 1 heterocycles. The second-order valence-corrected chi connectivity index (χ2v) is 4.82. The fraction of sp³-hybridized carbons (Fsp3) is 0.600. The maximum absolute atomic E-state index is 3.49. The molecule has 1 N–H and O–H groups in total. The van der Waals surface area contributed by atoms with Crippen molar-refractivity contribution in [2.24, 2.45) is 0 Å². The lowest BCUT2D eigenvalue weighted by Gasteiger charge is -2.28. The van der Waals surface area contributed by atoms with E-state index in [1.165, 1.54) is 11.3 Å². The Labute approximate surface area is 111 Å². The van der Waals surface area contributed by atoms with Crippen LogP contribution in [0, 0.1) is 0 Å². The van der Waals surface area contributed by atoms with E-state index in [9.17, 15) is 0 Å². The molecule has 1 aromatic carbocycles. The Bertz CT molecular complexity index is 361. The van der Waals surface area contributed by atoms with Crippen molar-refractivity contribution in [2.75, 3.05) is 44.2 Å². The van der Waals surface area contributed by atoms with Gasteiger partial charge in [0, 0.05) is 38.4 Å². The maximum Gasteiger partial charge on any atom is 0.0412 e. The van der Waals surface area contributed by atoms with Crippen molar-refractivity contribution >= 4 is 5.69 Å². The summed E-state index contributed by atoms with van der Waals surface area (Å²) in [5, 5.41) is 3.49. The molecule has 0 atom stereocenters. The normalized spacial score (nSPS) is 15.6. The summed E-state index contributed by atoms with van der Waals surface area (Å²) >= 11 is 0. The van der Waals surface area contributed by atoms with Crippen LogP contribution in [0.4, 0.5) is 5.69 Å². The molecule has 0 amide bonds. The molecule has 2 rings (SSSR count). The average molecular weight is 247 g/mol. The first-order valence-electron chi connectivity index (χ1n) is 7.11. The molecule has 0 aliphatic carbocycles. The van der Waals surface area contributed by atoms with Crippen LogP contribution in [-0.4, -0.2) is 44.2 Å². The molecule has 1 aliphatic rings. The highest BCUT2D eigenvalue weighted by Gasteiger charge is 2.14. The van der Waals surface area contributed by atoms with Crippen molar-refractivity contribution in [1.82, 2.24) is 10.2 Å². The van der Waals surface area contributed by atoms with Crippen LogP contribution in [-0.2, 0) is 6.54 Å². The molecule has 0 bridgehead atoms. The van der Waals surface area contributed by atoms with Crippen LogP contribution in [0.25, 0.3) is 0 Å². The van der Waals surface area contributed by atoms with E-state index in [1.54, 1.807) is 0 Å². The summed E-state index contributed by atoms with van der Waals surface area (Å²) in [7, 11) is 0. The Morgan fingerprint density at radius 1 is 1.22 bits per heavy atom. The number of fused-ring (bicyclic) bond motifs is 1. The maximum atomic E-state index is 3.49. The summed E-state index contributed by atoms with van der Waals surface area (Å²) in [6.45, 7) is 12.2. The van der Waals surface area contributed by atoms with Gasteiger partial charge in [-0.05, 0) is 24.7 Å². The van der Waals surface area contributed by atoms with Gasteiger partial charge in [-0.1, -0.05) is 32.0 Å². The highest BCUT2D eigenvalue weighted by Crippen LogP contribution is 2.21. The topological polar surface area (TPSA) is 18.5 Å². The fourth-order valence-corrected chi connectivity index (χ4v) is 2.56. The summed E-state index contributed by atoms with van der Waals surface area (Å²) < 4.78 is 0. The molecule has 0 saturated heterocycles. The Hall–Kier alpha value is -1.06. The summed E-state index contributed by atoms with van der Waals surface area (Å²) in [5.41, 5.74) is 2.84. The summed E-state index contributed by atoms with van der Waals surface area (Å²) in [6.07, 6.45) is 0. The van der Waals surface area contributed by atoms with Gasteiger partial charge < -0.3 is 15.1 Å². The predicted octanol–water partition coefficient (Wildman–Crippen LogP) is 1.94. The van der Waals surface area contributed by atoms with Crippen molar-refractivity contribution in [2.45, 2.75) is 20.4 Å². The molecule has 3 heteroatoms. The Balaban J connectivity index is 2.03. The minimum absolute atomic E-state index is 0.998. The van der Waals surface area contributed by atoms with Gasteiger partial charge in [-0.2, -0.15) is 0 Å². The number of hydrogen-bond donors (Lipinski definition) is 1. The third-order valence-corrected chi connectivity index (χ3v) is 3.79. The van der Waals surface area contributed by atoms with E-state index in [1.807, 2.05) is 0 Å². The van der Waals surface area contributed by atoms with Crippen LogP contribution in [0.3, 0.4) is 0 Å². The van der Waals surface area contributed by atoms with Crippen LogP contribution >= 0.6 is 0 Å². The van der Waals surface area contributed by atoms with E-state index in [-0.39, 0.29) is 0 Å². The lowest BCUT2D eigenvalue weighted by atomic mass is 10.1. The highest BCUT2D eigenvalue weighted by atomic mass is 15.2. The van der Waals surface area contributed by atoms with Gasteiger partial charge in [-0.3, -0.25) is 0 Å². The van der Waals surface area contributed by atoms with Crippen molar-refractivity contribution < 1.29 is 0 Å². The van der Waals surface area contributed by atoms with Crippen LogP contribution < -0.4 is 10.2 Å². The van der Waals surface area contributed by atoms with E-state index >= 15 is 0 Å². The number of hydrogen-bond acceptors (Lipinski definition) is 3. The first-order chi connectivity index (χ1) is 8.85. The lowest BCUT2D eigenvalue weighted by molar-refractivity contribution is 0.309. The second-order valence-electron chi connectivity index (χ2n) is 4.82. The van der Waals surface area contributed by atoms with Crippen LogP contribution in [0.5, 0.6) is 0 Å². The van der Waals surface area contributed by atoms with Gasteiger partial charge in [0.2, 0.25) is 0 Å². The Kier molecular flexibility index (Phi) is 5.02. The highest BCUT2D eigenvalue weighted by molar-refractivity contribution is 5.54. The van der Waals surface area contributed by atoms with E-state index in [2.05, 4.69) is 53.2 Å². The van der Waals surface area contributed by atoms with E-state index in [4.69, 9.17) is 0 Å². The molecule has 0 fully saturated rings. The SMILES string of the molecule is CCN(CC)CCN1CCNCc2ccccc21.